The number of nitrogens with one attached hydrogen (secondary N) is 1. The molecule has 1 aliphatic heterocycles. The molecule has 0 spiro atoms. The Balaban J connectivity index is 1.27. The third-order valence-electron chi connectivity index (χ3n) is 7.65. The van der Waals surface area contributed by atoms with Crippen LogP contribution in [0.15, 0.2) is 67.0 Å². The van der Waals surface area contributed by atoms with Crippen LogP contribution in [0.2, 0.25) is 0 Å². The van der Waals surface area contributed by atoms with Gasteiger partial charge in [0, 0.05) is 48.6 Å². The highest BCUT2D eigenvalue weighted by Crippen LogP contribution is 2.32. The third kappa shape index (κ3) is 7.57. The molecule has 1 saturated heterocycles. The summed E-state index contributed by atoms with van der Waals surface area (Å²) in [5.41, 5.74) is 8.64. The van der Waals surface area contributed by atoms with E-state index in [-0.39, 0.29) is 19.1 Å². The third-order valence-corrected chi connectivity index (χ3v) is 7.65. The maximum atomic E-state index is 13.0. The molecule has 5 rings (SSSR count). The number of pyridine rings is 1. The Morgan fingerprint density at radius 3 is 2.58 bits per heavy atom. The molecule has 2 amide bonds. The molecular formula is C32H37N5O6. The average molecular weight is 588 g/mol. The summed E-state index contributed by atoms with van der Waals surface area (Å²) in [6, 6.07) is 15.9. The van der Waals surface area contributed by atoms with Crippen molar-refractivity contribution in [2.45, 2.75) is 25.4 Å². The molecule has 0 unspecified atom stereocenters. The Morgan fingerprint density at radius 2 is 1.86 bits per heavy atom. The molecule has 4 aromatic rings. The zero-order chi connectivity index (χ0) is 30.2. The fraction of sp³-hybridized carbons (Fsp3) is 0.344. The van der Waals surface area contributed by atoms with E-state index in [1.165, 1.54) is 10.1 Å². The van der Waals surface area contributed by atoms with Crippen LogP contribution in [0, 0.1) is 0 Å². The van der Waals surface area contributed by atoms with Crippen molar-refractivity contribution in [2.75, 3.05) is 51.9 Å². The van der Waals surface area contributed by atoms with Gasteiger partial charge in [-0.2, -0.15) is 0 Å². The smallest absolute Gasteiger partial charge is 0.323 e. The van der Waals surface area contributed by atoms with E-state index in [1.807, 2.05) is 36.4 Å². The summed E-state index contributed by atoms with van der Waals surface area (Å²) >= 11 is 0. The van der Waals surface area contributed by atoms with Crippen LogP contribution in [0.25, 0.3) is 10.9 Å². The van der Waals surface area contributed by atoms with Crippen molar-refractivity contribution in [1.29, 1.82) is 0 Å². The van der Waals surface area contributed by atoms with Gasteiger partial charge in [0.15, 0.2) is 0 Å². The lowest BCUT2D eigenvalue weighted by molar-refractivity contribution is 0.0610. The van der Waals surface area contributed by atoms with Crippen LogP contribution in [-0.4, -0.2) is 78.1 Å². The molecule has 0 bridgehead atoms. The molecule has 0 saturated carbocycles. The molecule has 1 aliphatic rings. The molecule has 226 valence electrons. The Kier molecular flexibility index (Phi) is 10.0. The number of nitrogens with two attached hydrogens (primary N) is 1. The van der Waals surface area contributed by atoms with Crippen molar-refractivity contribution in [1.82, 2.24) is 14.5 Å². The second kappa shape index (κ2) is 14.3. The number of likely N-dealkylation sites (tertiary alicyclic amines) is 1. The van der Waals surface area contributed by atoms with E-state index in [2.05, 4.69) is 15.2 Å². The van der Waals surface area contributed by atoms with E-state index in [9.17, 15) is 9.59 Å². The number of anilines is 1. The van der Waals surface area contributed by atoms with Crippen LogP contribution < -0.4 is 15.8 Å². The number of piperidine rings is 1. The van der Waals surface area contributed by atoms with Crippen LogP contribution >= 0.6 is 0 Å². The first-order valence-electron chi connectivity index (χ1n) is 14.3. The summed E-state index contributed by atoms with van der Waals surface area (Å²) in [5.74, 6) is 1.54. The predicted octanol–water partition coefficient (Wildman–Crippen LogP) is 4.34. The number of hydrogen-bond acceptors (Lipinski definition) is 8. The van der Waals surface area contributed by atoms with Crippen molar-refractivity contribution in [3.8, 4) is 11.5 Å². The number of methoxy groups -OCH3 is 1. The molecular weight excluding hydrogens is 550 g/mol. The summed E-state index contributed by atoms with van der Waals surface area (Å²) in [6.07, 6.45) is 5.25. The number of hydrogen-bond donors (Lipinski definition) is 3. The molecule has 0 radical (unpaired) electrons. The number of fused-ring (bicyclic) bond motifs is 1. The largest absolute Gasteiger partial charge is 0.457 e. The van der Waals surface area contributed by atoms with Gasteiger partial charge in [0.1, 0.15) is 17.3 Å². The quantitative estimate of drug-likeness (QED) is 0.208. The minimum absolute atomic E-state index is 0.187. The van der Waals surface area contributed by atoms with Crippen LogP contribution in [0.1, 0.15) is 40.2 Å². The van der Waals surface area contributed by atoms with Crippen molar-refractivity contribution < 1.29 is 28.9 Å². The number of rotatable bonds is 12. The zero-order valence-corrected chi connectivity index (χ0v) is 24.2. The molecule has 2 aromatic heterocycles. The van der Waals surface area contributed by atoms with Gasteiger partial charge in [-0.25, -0.2) is 9.78 Å². The molecule has 43 heavy (non-hydrogen) atoms. The predicted molar refractivity (Wildman–Crippen MR) is 163 cm³/mol. The second-order valence-corrected chi connectivity index (χ2v) is 10.5. The van der Waals surface area contributed by atoms with Gasteiger partial charge in [0.2, 0.25) is 0 Å². The Bertz CT molecular complexity index is 1550. The lowest BCUT2D eigenvalue weighted by Gasteiger charge is -2.31. The number of aromatic nitrogens is 2. The number of β-amino-alcohol motifs (C(OH)–C–C–N with tert-alkyl or cyclic N) is 1. The molecule has 4 N–H and O–H groups in total. The van der Waals surface area contributed by atoms with Gasteiger partial charge < -0.3 is 35.3 Å². The van der Waals surface area contributed by atoms with Crippen molar-refractivity contribution in [3.63, 3.8) is 0 Å². The monoisotopic (exact) mass is 587 g/mol. The Labute approximate surface area is 250 Å². The van der Waals surface area contributed by atoms with E-state index >= 15 is 0 Å². The van der Waals surface area contributed by atoms with E-state index < -0.39 is 6.03 Å². The normalized spacial score (nSPS) is 14.2. The Morgan fingerprint density at radius 1 is 1.07 bits per heavy atom. The topological polar surface area (TPSA) is 141 Å². The fourth-order valence-corrected chi connectivity index (χ4v) is 5.33. The summed E-state index contributed by atoms with van der Waals surface area (Å²) in [5, 5.41) is 12.8. The lowest BCUT2D eigenvalue weighted by atomic mass is 9.89. The number of benzene rings is 2. The first kappa shape index (κ1) is 30.2. The molecule has 1 fully saturated rings. The second-order valence-electron chi connectivity index (χ2n) is 10.5. The molecule has 2 aromatic carbocycles. The van der Waals surface area contributed by atoms with Crippen LogP contribution in [0.5, 0.6) is 11.5 Å². The highest BCUT2D eigenvalue weighted by molar-refractivity contribution is 6.03. The first-order valence-corrected chi connectivity index (χ1v) is 14.3. The van der Waals surface area contributed by atoms with Gasteiger partial charge in [-0.05, 0) is 73.8 Å². The van der Waals surface area contributed by atoms with E-state index in [0.717, 1.165) is 37.9 Å². The Hall–Kier alpha value is -4.29. The molecule has 11 nitrogen and oxygen atoms in total. The summed E-state index contributed by atoms with van der Waals surface area (Å²) in [4.78, 5) is 31.5. The van der Waals surface area contributed by atoms with E-state index in [1.54, 1.807) is 37.7 Å². The summed E-state index contributed by atoms with van der Waals surface area (Å²) < 4.78 is 18.4. The van der Waals surface area contributed by atoms with Crippen molar-refractivity contribution in [2.24, 2.45) is 5.73 Å². The number of carbonyl (C=O) groups is 2. The standard InChI is InChI=1S/C32H37N5O6/c1-41-16-17-42-21-26-18-28-25(9-13-37(28)32(33)40)19-29(26)43-27-6-10-34-30(20-27)35-31(39)24-4-2-22(3-5-24)23-7-11-36(12-8-23)14-15-38/h2-6,9-10,13,18-20,23,38H,7-8,11-12,14-17,21H2,1H3,(H2,33,40)(H,34,35,39). The van der Waals surface area contributed by atoms with Crippen molar-refractivity contribution >= 4 is 28.7 Å². The van der Waals surface area contributed by atoms with Gasteiger partial charge in [-0.15, -0.1) is 0 Å². The minimum Gasteiger partial charge on any atom is -0.457 e. The molecule has 0 aliphatic carbocycles. The number of aliphatic hydroxyl groups excluding tert-OH is 1. The van der Waals surface area contributed by atoms with Gasteiger partial charge >= 0.3 is 6.03 Å². The van der Waals surface area contributed by atoms with Crippen LogP contribution in [0.4, 0.5) is 10.6 Å². The number of nitrogens with zero attached hydrogens (tertiary/aromatic N) is 3. The molecule has 3 heterocycles. The molecule has 11 heteroatoms. The van der Waals surface area contributed by atoms with Crippen molar-refractivity contribution in [3.05, 3.63) is 83.7 Å². The number of primary amides is 1. The highest BCUT2D eigenvalue weighted by atomic mass is 16.5. The summed E-state index contributed by atoms with van der Waals surface area (Å²) in [6.45, 7) is 3.90. The van der Waals surface area contributed by atoms with Crippen LogP contribution in [-0.2, 0) is 16.1 Å². The maximum Gasteiger partial charge on any atom is 0.323 e. The number of carbonyl (C=O) groups excluding carboxylic acids is 2. The number of amides is 2. The SMILES string of the molecule is COCCOCc1cc2c(ccn2C(N)=O)cc1Oc1ccnc(NC(=O)c2ccc(C3CCN(CCO)CC3)cc2)c1. The average Bonchev–Trinajstić information content (AvgIpc) is 3.43. The van der Waals surface area contributed by atoms with Gasteiger partial charge in [-0.1, -0.05) is 12.1 Å². The van der Waals surface area contributed by atoms with Gasteiger partial charge in [0.05, 0.1) is 31.9 Å². The highest BCUT2D eigenvalue weighted by Gasteiger charge is 2.20. The first-order chi connectivity index (χ1) is 20.9. The fourth-order valence-electron chi connectivity index (χ4n) is 5.33. The lowest BCUT2D eigenvalue weighted by Crippen LogP contribution is -2.34. The van der Waals surface area contributed by atoms with E-state index in [4.69, 9.17) is 25.1 Å². The summed E-state index contributed by atoms with van der Waals surface area (Å²) in [7, 11) is 1.60. The number of ether oxygens (including phenoxy) is 3. The van der Waals surface area contributed by atoms with Gasteiger partial charge in [0.25, 0.3) is 5.91 Å². The number of aliphatic hydroxyl groups is 1. The maximum absolute atomic E-state index is 13.0. The van der Waals surface area contributed by atoms with Crippen LogP contribution in [0.3, 0.4) is 0 Å². The van der Waals surface area contributed by atoms with Gasteiger partial charge in [-0.3, -0.25) is 9.36 Å². The minimum atomic E-state index is -0.585. The zero-order valence-electron chi connectivity index (χ0n) is 24.2. The van der Waals surface area contributed by atoms with E-state index in [0.29, 0.717) is 53.1 Å². The molecule has 0 atom stereocenters.